The van der Waals surface area contributed by atoms with Crippen molar-refractivity contribution >= 4 is 43.2 Å². The van der Waals surface area contributed by atoms with Crippen molar-refractivity contribution in [2.75, 3.05) is 46.1 Å². The number of hydrogen-bond donors (Lipinski definition) is 0. The predicted octanol–water partition coefficient (Wildman–Crippen LogP) is 2.98. The Kier molecular flexibility index (Phi) is 6.67. The van der Waals surface area contributed by atoms with Crippen molar-refractivity contribution in [2.24, 2.45) is 5.92 Å². The van der Waals surface area contributed by atoms with Crippen LogP contribution in [0.1, 0.15) is 18.4 Å². The first-order valence-electron chi connectivity index (χ1n) is 11.1. The van der Waals surface area contributed by atoms with Crippen molar-refractivity contribution in [3.63, 3.8) is 0 Å². The van der Waals surface area contributed by atoms with E-state index in [-0.39, 0.29) is 25.2 Å². The quantitative estimate of drug-likeness (QED) is 0.564. The second-order valence-corrected chi connectivity index (χ2v) is 13.2. The highest BCUT2D eigenvalue weighted by atomic mass is 79.9. The van der Waals surface area contributed by atoms with Gasteiger partial charge in [0, 0.05) is 45.8 Å². The molecule has 1 amide bonds. The fourth-order valence-corrected chi connectivity index (χ4v) is 8.30. The van der Waals surface area contributed by atoms with E-state index in [9.17, 15) is 13.2 Å². The van der Waals surface area contributed by atoms with E-state index >= 15 is 0 Å². The molecule has 0 unspecified atom stereocenters. The van der Waals surface area contributed by atoms with E-state index in [4.69, 9.17) is 9.47 Å². The molecule has 1 aromatic carbocycles. The third kappa shape index (κ3) is 4.93. The van der Waals surface area contributed by atoms with Gasteiger partial charge in [-0.3, -0.25) is 9.69 Å². The summed E-state index contributed by atoms with van der Waals surface area (Å²) < 4.78 is 39.4. The number of fused-ring (bicyclic) bond motifs is 1. The van der Waals surface area contributed by atoms with E-state index in [1.54, 1.807) is 12.1 Å². The first-order chi connectivity index (χ1) is 15.9. The number of amides is 1. The number of piperazine rings is 1. The minimum atomic E-state index is -3.56. The van der Waals surface area contributed by atoms with Gasteiger partial charge in [-0.1, -0.05) is 6.07 Å². The average molecular weight is 557 g/mol. The summed E-state index contributed by atoms with van der Waals surface area (Å²) >= 11 is 4.54. The van der Waals surface area contributed by atoms with Crippen LogP contribution in [-0.4, -0.2) is 74.5 Å². The number of piperidine rings is 1. The number of nitrogens with zero attached hydrogens (tertiary/aromatic N) is 3. The Labute approximate surface area is 206 Å². The van der Waals surface area contributed by atoms with Gasteiger partial charge in [0.05, 0.1) is 9.70 Å². The molecule has 0 aliphatic carbocycles. The zero-order valence-electron chi connectivity index (χ0n) is 18.1. The van der Waals surface area contributed by atoms with Crippen LogP contribution in [0.15, 0.2) is 38.3 Å². The summed E-state index contributed by atoms with van der Waals surface area (Å²) in [7, 11) is -3.56. The van der Waals surface area contributed by atoms with Gasteiger partial charge in [-0.25, -0.2) is 8.42 Å². The van der Waals surface area contributed by atoms with Crippen LogP contribution in [0, 0.1) is 5.92 Å². The van der Waals surface area contributed by atoms with E-state index in [0.717, 1.165) is 46.9 Å². The largest absolute Gasteiger partial charge is 0.454 e. The van der Waals surface area contributed by atoms with Crippen LogP contribution >= 0.6 is 27.3 Å². The Hall–Kier alpha value is -1.66. The monoisotopic (exact) mass is 555 g/mol. The van der Waals surface area contributed by atoms with E-state index in [1.165, 1.54) is 15.6 Å². The van der Waals surface area contributed by atoms with Gasteiger partial charge in [0.15, 0.2) is 11.5 Å². The highest BCUT2D eigenvalue weighted by Gasteiger charge is 2.36. The second kappa shape index (κ2) is 9.53. The molecule has 0 bridgehead atoms. The Morgan fingerprint density at radius 2 is 1.85 bits per heavy atom. The molecule has 2 saturated heterocycles. The minimum Gasteiger partial charge on any atom is -0.454 e. The highest BCUT2D eigenvalue weighted by molar-refractivity contribution is 9.11. The second-order valence-electron chi connectivity index (χ2n) is 8.55. The van der Waals surface area contributed by atoms with Gasteiger partial charge in [0.2, 0.25) is 12.7 Å². The summed E-state index contributed by atoms with van der Waals surface area (Å²) in [6.45, 7) is 4.68. The molecule has 2 fully saturated rings. The fourth-order valence-electron chi connectivity index (χ4n) is 4.61. The van der Waals surface area contributed by atoms with Crippen LogP contribution in [0.2, 0.25) is 0 Å². The van der Waals surface area contributed by atoms with Crippen LogP contribution < -0.4 is 9.47 Å². The molecule has 1 atom stereocenters. The topological polar surface area (TPSA) is 79.4 Å². The standard InChI is InChI=1S/C22H26BrN3O5S2/c23-20-5-6-21(32-20)33(28,29)26-7-1-2-17(14-26)22(27)25-10-8-24(9-11-25)13-16-3-4-18-19(12-16)31-15-30-18/h3-6,12,17H,1-2,7-11,13-15H2/t17-/m1/s1. The molecule has 0 saturated carbocycles. The summed E-state index contributed by atoms with van der Waals surface area (Å²) in [5, 5.41) is 0. The SMILES string of the molecule is O=C([C@@H]1CCCN(S(=O)(=O)c2ccc(Br)s2)C1)N1CCN(Cc2ccc3c(c2)OCO3)CC1. The summed E-state index contributed by atoms with van der Waals surface area (Å²) in [6, 6.07) is 9.37. The molecule has 11 heteroatoms. The maximum Gasteiger partial charge on any atom is 0.252 e. The summed E-state index contributed by atoms with van der Waals surface area (Å²) in [4.78, 5) is 17.4. The van der Waals surface area contributed by atoms with E-state index in [2.05, 4.69) is 20.8 Å². The van der Waals surface area contributed by atoms with Gasteiger partial charge in [-0.05, 0) is 58.6 Å². The number of hydrogen-bond acceptors (Lipinski definition) is 7. The number of thiophene rings is 1. The molecule has 3 aliphatic rings. The highest BCUT2D eigenvalue weighted by Crippen LogP contribution is 2.33. The van der Waals surface area contributed by atoms with Crippen molar-refractivity contribution in [3.05, 3.63) is 39.7 Å². The first kappa shape index (κ1) is 23.1. The van der Waals surface area contributed by atoms with Crippen LogP contribution in [0.3, 0.4) is 0 Å². The molecule has 0 radical (unpaired) electrons. The lowest BCUT2D eigenvalue weighted by Crippen LogP contribution is -2.52. The molecule has 8 nitrogen and oxygen atoms in total. The van der Waals surface area contributed by atoms with Gasteiger partial charge >= 0.3 is 0 Å². The zero-order valence-corrected chi connectivity index (χ0v) is 21.3. The normalized spacial score (nSPS) is 22.0. The van der Waals surface area contributed by atoms with Crippen molar-refractivity contribution in [1.29, 1.82) is 0 Å². The minimum absolute atomic E-state index is 0.0741. The maximum absolute atomic E-state index is 13.2. The molecule has 178 valence electrons. The Bertz CT molecular complexity index is 1130. The lowest BCUT2D eigenvalue weighted by molar-refractivity contribution is -0.138. The molecule has 3 aliphatic heterocycles. The van der Waals surface area contributed by atoms with Crippen molar-refractivity contribution in [1.82, 2.24) is 14.1 Å². The molecule has 4 heterocycles. The van der Waals surface area contributed by atoms with Gasteiger partial charge in [0.1, 0.15) is 4.21 Å². The number of ether oxygens (including phenoxy) is 2. The molecule has 0 spiro atoms. The number of sulfonamides is 1. The lowest BCUT2D eigenvalue weighted by Gasteiger charge is -2.38. The summed E-state index contributed by atoms with van der Waals surface area (Å²) in [5.74, 6) is 1.36. The summed E-state index contributed by atoms with van der Waals surface area (Å²) in [5.41, 5.74) is 1.16. The van der Waals surface area contributed by atoms with Crippen molar-refractivity contribution in [2.45, 2.75) is 23.6 Å². The Balaban J connectivity index is 1.16. The zero-order chi connectivity index (χ0) is 23.0. The number of carbonyl (C=O) groups is 1. The number of carbonyl (C=O) groups excluding carboxylic acids is 1. The van der Waals surface area contributed by atoms with Crippen molar-refractivity contribution in [3.8, 4) is 11.5 Å². The van der Waals surface area contributed by atoms with Crippen LogP contribution in [-0.2, 0) is 21.4 Å². The Morgan fingerprint density at radius 3 is 2.61 bits per heavy atom. The lowest BCUT2D eigenvalue weighted by atomic mass is 9.97. The molecule has 2 aromatic rings. The molecule has 33 heavy (non-hydrogen) atoms. The molecule has 5 rings (SSSR count). The van der Waals surface area contributed by atoms with Gasteiger partial charge in [-0.15, -0.1) is 11.3 Å². The summed E-state index contributed by atoms with van der Waals surface area (Å²) in [6.07, 6.45) is 1.43. The first-order valence-corrected chi connectivity index (χ1v) is 14.1. The molecular formula is C22H26BrN3O5S2. The van der Waals surface area contributed by atoms with Crippen LogP contribution in [0.25, 0.3) is 0 Å². The number of halogens is 1. The third-order valence-corrected chi connectivity index (χ3v) is 10.4. The third-order valence-electron chi connectivity index (χ3n) is 6.40. The maximum atomic E-state index is 13.2. The molecular weight excluding hydrogens is 530 g/mol. The van der Waals surface area contributed by atoms with Crippen molar-refractivity contribution < 1.29 is 22.7 Å². The van der Waals surface area contributed by atoms with Gasteiger partial charge < -0.3 is 14.4 Å². The van der Waals surface area contributed by atoms with Crippen LogP contribution in [0.5, 0.6) is 11.5 Å². The van der Waals surface area contributed by atoms with E-state index < -0.39 is 10.0 Å². The fraction of sp³-hybridized carbons (Fsp3) is 0.500. The number of rotatable bonds is 5. The molecule has 0 N–H and O–H groups in total. The van der Waals surface area contributed by atoms with Crippen LogP contribution in [0.4, 0.5) is 0 Å². The number of benzene rings is 1. The van der Waals surface area contributed by atoms with Gasteiger partial charge in [-0.2, -0.15) is 4.31 Å². The molecule has 1 aromatic heterocycles. The smallest absolute Gasteiger partial charge is 0.252 e. The Morgan fingerprint density at radius 1 is 1.06 bits per heavy atom. The predicted molar refractivity (Wildman–Crippen MR) is 128 cm³/mol. The van der Waals surface area contributed by atoms with E-state index in [0.29, 0.717) is 30.3 Å². The average Bonchev–Trinajstić information content (AvgIpc) is 3.48. The van der Waals surface area contributed by atoms with E-state index in [1.807, 2.05) is 23.1 Å². The van der Waals surface area contributed by atoms with Gasteiger partial charge in [0.25, 0.3) is 10.0 Å².